The van der Waals surface area contributed by atoms with Crippen LogP contribution in [0.1, 0.15) is 5.56 Å². The number of ether oxygens (including phenoxy) is 2. The molecule has 0 amide bonds. The van der Waals surface area contributed by atoms with Gasteiger partial charge in [0.25, 0.3) is 0 Å². The number of hydrogen-bond donors (Lipinski definition) is 2. The number of aromatic nitrogens is 3. The number of aryl methyl sites for hydroxylation is 1. The Bertz CT molecular complexity index is 849. The molecule has 8 heteroatoms. The van der Waals surface area contributed by atoms with Crippen LogP contribution in [-0.4, -0.2) is 29.4 Å². The molecule has 0 radical (unpaired) electrons. The predicted octanol–water partition coefficient (Wildman–Crippen LogP) is 4.34. The van der Waals surface area contributed by atoms with Crippen molar-refractivity contribution < 1.29 is 9.47 Å². The number of halogens is 1. The Balaban J connectivity index is 1.85. The zero-order valence-corrected chi connectivity index (χ0v) is 15.3. The number of rotatable bonds is 6. The SMILES string of the molecule is COc1ccc(Cl)cc1Nc1cnnc(Nc2cc(C)ccc2OC)n1. The Hall–Kier alpha value is -3.06. The normalized spacial score (nSPS) is 10.3. The highest BCUT2D eigenvalue weighted by Crippen LogP contribution is 2.31. The van der Waals surface area contributed by atoms with Gasteiger partial charge in [0, 0.05) is 5.02 Å². The van der Waals surface area contributed by atoms with Crippen molar-refractivity contribution >= 4 is 34.7 Å². The number of anilines is 4. The van der Waals surface area contributed by atoms with Crippen molar-refractivity contribution in [1.29, 1.82) is 0 Å². The summed E-state index contributed by atoms with van der Waals surface area (Å²) in [7, 11) is 3.20. The monoisotopic (exact) mass is 371 g/mol. The molecule has 0 spiro atoms. The highest BCUT2D eigenvalue weighted by atomic mass is 35.5. The largest absolute Gasteiger partial charge is 0.495 e. The fraction of sp³-hybridized carbons (Fsp3) is 0.167. The average Bonchev–Trinajstić information content (AvgIpc) is 2.62. The highest BCUT2D eigenvalue weighted by Gasteiger charge is 2.09. The van der Waals surface area contributed by atoms with Crippen LogP contribution in [0.2, 0.25) is 5.02 Å². The lowest BCUT2D eigenvalue weighted by Gasteiger charge is -2.13. The van der Waals surface area contributed by atoms with Crippen molar-refractivity contribution in [2.24, 2.45) is 0 Å². The Morgan fingerprint density at radius 3 is 2.35 bits per heavy atom. The third-order valence-electron chi connectivity index (χ3n) is 3.58. The third-order valence-corrected chi connectivity index (χ3v) is 3.82. The van der Waals surface area contributed by atoms with Crippen LogP contribution in [0, 0.1) is 6.92 Å². The first kappa shape index (κ1) is 17.8. The molecule has 134 valence electrons. The molecule has 0 aliphatic heterocycles. The van der Waals surface area contributed by atoms with Gasteiger partial charge in [-0.25, -0.2) is 0 Å². The smallest absolute Gasteiger partial charge is 0.249 e. The van der Waals surface area contributed by atoms with Crippen LogP contribution in [0.15, 0.2) is 42.6 Å². The minimum absolute atomic E-state index is 0.333. The minimum atomic E-state index is 0.333. The van der Waals surface area contributed by atoms with E-state index in [4.69, 9.17) is 21.1 Å². The lowest BCUT2D eigenvalue weighted by Crippen LogP contribution is -2.04. The van der Waals surface area contributed by atoms with Crippen LogP contribution in [0.25, 0.3) is 0 Å². The van der Waals surface area contributed by atoms with Crippen molar-refractivity contribution in [2.75, 3.05) is 24.9 Å². The lowest BCUT2D eigenvalue weighted by atomic mass is 10.2. The van der Waals surface area contributed by atoms with Gasteiger partial charge in [0.2, 0.25) is 5.95 Å². The number of benzene rings is 2. The van der Waals surface area contributed by atoms with Crippen LogP contribution < -0.4 is 20.1 Å². The van der Waals surface area contributed by atoms with Crippen molar-refractivity contribution in [3.8, 4) is 11.5 Å². The molecule has 3 aromatic rings. The van der Waals surface area contributed by atoms with Crippen molar-refractivity contribution in [2.45, 2.75) is 6.92 Å². The molecular weight excluding hydrogens is 354 g/mol. The van der Waals surface area contributed by atoms with Crippen LogP contribution in [0.5, 0.6) is 11.5 Å². The number of nitrogens with one attached hydrogen (secondary N) is 2. The second kappa shape index (κ2) is 7.88. The van der Waals surface area contributed by atoms with E-state index in [9.17, 15) is 0 Å². The summed E-state index contributed by atoms with van der Waals surface area (Å²) in [6.45, 7) is 1.99. The fourth-order valence-corrected chi connectivity index (χ4v) is 2.54. The standard InChI is InChI=1S/C18H18ClN5O2/c1-11-4-6-15(25-2)13(8-11)22-18-23-17(10-20-24-18)21-14-9-12(19)5-7-16(14)26-3/h4-10H,1-3H3,(H2,21,22,23,24). The molecule has 0 aliphatic carbocycles. The van der Waals surface area contributed by atoms with Gasteiger partial charge in [-0.2, -0.15) is 10.1 Å². The molecule has 1 heterocycles. The Morgan fingerprint density at radius 1 is 0.923 bits per heavy atom. The third kappa shape index (κ3) is 4.12. The quantitative estimate of drug-likeness (QED) is 0.667. The van der Waals surface area contributed by atoms with Crippen LogP contribution in [0.3, 0.4) is 0 Å². The van der Waals surface area contributed by atoms with Gasteiger partial charge in [0.1, 0.15) is 11.5 Å². The van der Waals surface area contributed by atoms with Gasteiger partial charge in [-0.3, -0.25) is 0 Å². The van der Waals surface area contributed by atoms with Crippen molar-refractivity contribution in [1.82, 2.24) is 15.2 Å². The second-order valence-corrected chi connectivity index (χ2v) is 5.90. The first-order chi connectivity index (χ1) is 12.6. The number of methoxy groups -OCH3 is 2. The molecule has 0 fully saturated rings. The molecule has 3 rings (SSSR count). The molecule has 0 bridgehead atoms. The minimum Gasteiger partial charge on any atom is -0.495 e. The van der Waals surface area contributed by atoms with Gasteiger partial charge < -0.3 is 20.1 Å². The number of hydrogen-bond acceptors (Lipinski definition) is 7. The summed E-state index contributed by atoms with van der Waals surface area (Å²) in [5.74, 6) is 2.16. The van der Waals surface area contributed by atoms with E-state index in [1.54, 1.807) is 32.4 Å². The molecule has 2 N–H and O–H groups in total. The van der Waals surface area contributed by atoms with E-state index in [0.717, 1.165) is 11.3 Å². The molecule has 0 atom stereocenters. The molecule has 0 saturated heterocycles. The van der Waals surface area contributed by atoms with Gasteiger partial charge in [-0.05, 0) is 42.8 Å². The first-order valence-electron chi connectivity index (χ1n) is 7.81. The average molecular weight is 372 g/mol. The molecule has 2 aromatic carbocycles. The second-order valence-electron chi connectivity index (χ2n) is 5.46. The van der Waals surface area contributed by atoms with Crippen LogP contribution in [0.4, 0.5) is 23.1 Å². The summed E-state index contributed by atoms with van der Waals surface area (Å²) in [6, 6.07) is 11.1. The van der Waals surface area contributed by atoms with Gasteiger partial charge >= 0.3 is 0 Å². The maximum atomic E-state index is 6.06. The highest BCUT2D eigenvalue weighted by molar-refractivity contribution is 6.31. The molecule has 7 nitrogen and oxygen atoms in total. The summed E-state index contributed by atoms with van der Waals surface area (Å²) < 4.78 is 10.7. The fourth-order valence-electron chi connectivity index (χ4n) is 2.37. The van der Waals surface area contributed by atoms with Crippen molar-refractivity contribution in [3.05, 3.63) is 53.2 Å². The maximum Gasteiger partial charge on any atom is 0.249 e. The van der Waals surface area contributed by atoms with E-state index in [2.05, 4.69) is 25.8 Å². The Kier molecular flexibility index (Phi) is 5.38. The van der Waals surface area contributed by atoms with E-state index in [1.165, 1.54) is 6.20 Å². The van der Waals surface area contributed by atoms with E-state index >= 15 is 0 Å². The molecular formula is C18H18ClN5O2. The first-order valence-corrected chi connectivity index (χ1v) is 8.19. The maximum absolute atomic E-state index is 6.06. The van der Waals surface area contributed by atoms with E-state index in [0.29, 0.717) is 34.0 Å². The van der Waals surface area contributed by atoms with Gasteiger partial charge in [0.05, 0.1) is 31.8 Å². The van der Waals surface area contributed by atoms with Crippen LogP contribution in [-0.2, 0) is 0 Å². The summed E-state index contributed by atoms with van der Waals surface area (Å²) in [4.78, 5) is 4.42. The Morgan fingerprint density at radius 2 is 1.62 bits per heavy atom. The van der Waals surface area contributed by atoms with E-state index < -0.39 is 0 Å². The summed E-state index contributed by atoms with van der Waals surface area (Å²) in [5, 5.41) is 14.8. The topological polar surface area (TPSA) is 81.2 Å². The van der Waals surface area contributed by atoms with Crippen LogP contribution >= 0.6 is 11.6 Å². The predicted molar refractivity (Wildman–Crippen MR) is 102 cm³/mol. The molecule has 0 aliphatic rings. The number of nitrogens with zero attached hydrogens (tertiary/aromatic N) is 3. The van der Waals surface area contributed by atoms with Gasteiger partial charge in [-0.15, -0.1) is 5.10 Å². The van der Waals surface area contributed by atoms with Gasteiger partial charge in [0.15, 0.2) is 5.82 Å². The lowest BCUT2D eigenvalue weighted by molar-refractivity contribution is 0.416. The molecule has 26 heavy (non-hydrogen) atoms. The summed E-state index contributed by atoms with van der Waals surface area (Å²) in [5.41, 5.74) is 2.52. The van der Waals surface area contributed by atoms with Gasteiger partial charge in [-0.1, -0.05) is 17.7 Å². The van der Waals surface area contributed by atoms with Crippen molar-refractivity contribution in [3.63, 3.8) is 0 Å². The molecule has 0 unspecified atom stereocenters. The summed E-state index contributed by atoms with van der Waals surface area (Å²) >= 11 is 6.06. The molecule has 1 aromatic heterocycles. The summed E-state index contributed by atoms with van der Waals surface area (Å²) in [6.07, 6.45) is 1.51. The van der Waals surface area contributed by atoms with E-state index in [1.807, 2.05) is 25.1 Å². The van der Waals surface area contributed by atoms with E-state index in [-0.39, 0.29) is 0 Å². The zero-order chi connectivity index (χ0) is 18.5. The Labute approximate surface area is 156 Å². The zero-order valence-electron chi connectivity index (χ0n) is 14.6. The molecule has 0 saturated carbocycles.